The van der Waals surface area contributed by atoms with Crippen molar-refractivity contribution >= 4 is 5.78 Å². The average Bonchev–Trinajstić information content (AvgIpc) is 1.98. The molecule has 1 nitrogen and oxygen atoms in total. The molecular weight excluding hydrogens is 136 g/mol. The lowest BCUT2D eigenvalue weighted by atomic mass is 9.17. The molecule has 4 atom stereocenters. The number of fused-ring (bicyclic) bond motifs is 2. The van der Waals surface area contributed by atoms with E-state index in [2.05, 4.69) is 0 Å². The third-order valence-electron chi connectivity index (χ3n) is 5.15. The minimum absolute atomic E-state index is 0.490. The Labute approximate surface area is 66.2 Å². The summed E-state index contributed by atoms with van der Waals surface area (Å²) in [4.78, 5) is 11.2. The van der Waals surface area contributed by atoms with Gasteiger partial charge < -0.3 is 0 Å². The lowest BCUT2D eigenvalue weighted by Gasteiger charge is -2.87. The number of carbonyl (C=O) groups is 1. The van der Waals surface area contributed by atoms with Crippen molar-refractivity contribution in [1.82, 2.24) is 0 Å². The fraction of sp³-hybridized carbons (Fsp3) is 0.900. The molecule has 11 heavy (non-hydrogen) atoms. The Bertz CT molecular complexity index is 241. The number of Topliss-reactive ketones (excluding diaryl/α,β-unsaturated/α-hetero) is 1. The zero-order chi connectivity index (χ0) is 7.33. The molecule has 0 N–H and O–H groups in total. The van der Waals surface area contributed by atoms with Crippen LogP contribution in [0.3, 0.4) is 0 Å². The predicted octanol–water partition coefficient (Wildman–Crippen LogP) is 1.33. The second-order valence-electron chi connectivity index (χ2n) is 5.01. The molecule has 0 saturated heterocycles. The van der Waals surface area contributed by atoms with Gasteiger partial charge in [-0.15, -0.1) is 0 Å². The molecule has 0 spiro atoms. The molecule has 4 aliphatic carbocycles. The van der Waals surface area contributed by atoms with E-state index in [1.807, 2.05) is 0 Å². The van der Waals surface area contributed by atoms with E-state index in [-0.39, 0.29) is 0 Å². The van der Waals surface area contributed by atoms with Crippen LogP contribution in [0.5, 0.6) is 0 Å². The summed E-state index contributed by atoms with van der Waals surface area (Å²) < 4.78 is 0. The molecule has 4 aliphatic rings. The predicted molar refractivity (Wildman–Crippen MR) is 39.7 cm³/mol. The smallest absolute Gasteiger partial charge is 0.133 e. The molecule has 58 valence electrons. The average molecular weight is 148 g/mol. The van der Waals surface area contributed by atoms with Crippen molar-refractivity contribution in [3.05, 3.63) is 0 Å². The molecule has 0 radical (unpaired) electrons. The Morgan fingerprint density at radius 2 is 1.73 bits per heavy atom. The van der Waals surface area contributed by atoms with Gasteiger partial charge in [0.25, 0.3) is 0 Å². The van der Waals surface area contributed by atoms with Crippen LogP contribution in [0, 0.1) is 41.4 Å². The van der Waals surface area contributed by atoms with E-state index < -0.39 is 0 Å². The molecule has 0 aromatic rings. The summed E-state index contributed by atoms with van der Waals surface area (Å²) in [6.07, 6.45) is 1.49. The molecule has 0 bridgehead atoms. The van der Waals surface area contributed by atoms with Gasteiger partial charge in [-0.2, -0.15) is 0 Å². The standard InChI is InChI=1S/C10H12O/c1-3(11)6-8-4-2-5-7(4)10(8)9(5)6/h4-10H,2H2,1H3. The van der Waals surface area contributed by atoms with Crippen LogP contribution in [0.4, 0.5) is 0 Å². The van der Waals surface area contributed by atoms with E-state index in [9.17, 15) is 4.79 Å². The van der Waals surface area contributed by atoms with Crippen LogP contribution in [0.25, 0.3) is 0 Å². The Kier molecular flexibility index (Phi) is 0.580. The molecule has 0 aromatic heterocycles. The molecule has 0 aliphatic heterocycles. The van der Waals surface area contributed by atoms with E-state index in [0.717, 1.165) is 35.5 Å². The maximum atomic E-state index is 11.2. The summed E-state index contributed by atoms with van der Waals surface area (Å²) in [7, 11) is 0. The lowest BCUT2D eigenvalue weighted by Crippen LogP contribution is -2.84. The second kappa shape index (κ2) is 1.19. The number of hydrogen-bond acceptors (Lipinski definition) is 1. The fourth-order valence-corrected chi connectivity index (χ4v) is 4.86. The van der Waals surface area contributed by atoms with Crippen molar-refractivity contribution in [2.24, 2.45) is 41.4 Å². The highest BCUT2D eigenvalue weighted by Crippen LogP contribution is 2.86. The van der Waals surface area contributed by atoms with Crippen molar-refractivity contribution in [2.75, 3.05) is 0 Å². The molecule has 4 unspecified atom stereocenters. The quantitative estimate of drug-likeness (QED) is 0.548. The lowest BCUT2D eigenvalue weighted by molar-refractivity contribution is -0.394. The highest BCUT2D eigenvalue weighted by Gasteiger charge is 2.83. The monoisotopic (exact) mass is 148 g/mol. The number of hydrogen-bond donors (Lipinski definition) is 0. The molecule has 4 fully saturated rings. The Balaban J connectivity index is 1.75. The summed E-state index contributed by atoms with van der Waals surface area (Å²) in [6, 6.07) is 0. The summed E-state index contributed by atoms with van der Waals surface area (Å²) in [5.41, 5.74) is 0. The van der Waals surface area contributed by atoms with Gasteiger partial charge in [0, 0.05) is 5.92 Å². The van der Waals surface area contributed by atoms with E-state index in [1.165, 1.54) is 6.42 Å². The van der Waals surface area contributed by atoms with Crippen molar-refractivity contribution in [2.45, 2.75) is 13.3 Å². The number of ketones is 1. The summed E-state index contributed by atoms with van der Waals surface area (Å²) >= 11 is 0. The highest BCUT2D eigenvalue weighted by molar-refractivity contribution is 5.81. The molecular formula is C10H12O. The van der Waals surface area contributed by atoms with Crippen LogP contribution >= 0.6 is 0 Å². The number of carbonyl (C=O) groups excluding carboxylic acids is 1. The third-order valence-corrected chi connectivity index (χ3v) is 5.15. The topological polar surface area (TPSA) is 17.1 Å². The van der Waals surface area contributed by atoms with Gasteiger partial charge in [0.1, 0.15) is 5.78 Å². The summed E-state index contributed by atoms with van der Waals surface area (Å²) in [5, 5.41) is 0. The molecule has 4 rings (SSSR count). The van der Waals surface area contributed by atoms with Crippen LogP contribution in [0.2, 0.25) is 0 Å². The van der Waals surface area contributed by atoms with Crippen LogP contribution < -0.4 is 0 Å². The van der Waals surface area contributed by atoms with Gasteiger partial charge in [-0.3, -0.25) is 4.79 Å². The normalized spacial score (nSPS) is 73.0. The maximum absolute atomic E-state index is 11.2. The Morgan fingerprint density at radius 1 is 1.09 bits per heavy atom. The van der Waals surface area contributed by atoms with Crippen molar-refractivity contribution < 1.29 is 4.79 Å². The van der Waals surface area contributed by atoms with Crippen LogP contribution in [0.1, 0.15) is 13.3 Å². The second-order valence-corrected chi connectivity index (χ2v) is 5.01. The first-order valence-electron chi connectivity index (χ1n) is 4.81. The minimum atomic E-state index is 0.490. The molecule has 0 amide bonds. The highest BCUT2D eigenvalue weighted by atomic mass is 16.1. The summed E-state index contributed by atoms with van der Waals surface area (Å²) in [5.74, 6) is 7.00. The van der Waals surface area contributed by atoms with Gasteiger partial charge >= 0.3 is 0 Å². The largest absolute Gasteiger partial charge is 0.300 e. The van der Waals surface area contributed by atoms with E-state index in [0.29, 0.717) is 11.7 Å². The van der Waals surface area contributed by atoms with Crippen molar-refractivity contribution in [1.29, 1.82) is 0 Å². The molecule has 0 heterocycles. The van der Waals surface area contributed by atoms with Crippen LogP contribution in [-0.4, -0.2) is 5.78 Å². The van der Waals surface area contributed by atoms with Gasteiger partial charge in [0.2, 0.25) is 0 Å². The minimum Gasteiger partial charge on any atom is -0.300 e. The first-order valence-corrected chi connectivity index (χ1v) is 4.81. The van der Waals surface area contributed by atoms with E-state index in [1.54, 1.807) is 6.92 Å². The van der Waals surface area contributed by atoms with Gasteiger partial charge in [-0.25, -0.2) is 0 Å². The van der Waals surface area contributed by atoms with Crippen molar-refractivity contribution in [3.8, 4) is 0 Å². The first-order chi connectivity index (χ1) is 5.30. The Hall–Kier alpha value is -0.330. The van der Waals surface area contributed by atoms with E-state index >= 15 is 0 Å². The van der Waals surface area contributed by atoms with E-state index in [4.69, 9.17) is 0 Å². The van der Waals surface area contributed by atoms with Crippen molar-refractivity contribution in [3.63, 3.8) is 0 Å². The maximum Gasteiger partial charge on any atom is 0.133 e. The van der Waals surface area contributed by atoms with Crippen LogP contribution in [0.15, 0.2) is 0 Å². The Morgan fingerprint density at radius 3 is 2.00 bits per heavy atom. The van der Waals surface area contributed by atoms with Gasteiger partial charge in [-0.05, 0) is 48.9 Å². The molecule has 1 heteroatoms. The van der Waals surface area contributed by atoms with Gasteiger partial charge in [0.05, 0.1) is 0 Å². The fourth-order valence-electron chi connectivity index (χ4n) is 4.86. The zero-order valence-corrected chi connectivity index (χ0v) is 6.66. The SMILES string of the molecule is CC(=O)C1C2C3CC4C3C2C41. The van der Waals surface area contributed by atoms with Crippen LogP contribution in [-0.2, 0) is 4.79 Å². The first kappa shape index (κ1) is 5.34. The van der Waals surface area contributed by atoms with Gasteiger partial charge in [-0.1, -0.05) is 0 Å². The molecule has 0 aromatic carbocycles. The zero-order valence-electron chi connectivity index (χ0n) is 6.66. The molecule has 4 saturated carbocycles. The third kappa shape index (κ3) is 0.298. The number of rotatable bonds is 1. The summed E-state index contributed by atoms with van der Waals surface area (Å²) in [6.45, 7) is 1.80. The van der Waals surface area contributed by atoms with Gasteiger partial charge in [0.15, 0.2) is 0 Å².